The number of benzene rings is 2. The standard InChI is InChI=1S/C23H25N3O3/c1-28-22-23(25-14-13-24-22)29-19-11-9-18(10-12-19)26-21(27)15-17-7-4-6-16-5-2-3-8-20(16)17/h2-8,13-14,18-19H,9-12,15H2,1H3,(H,26,27). The van der Waals surface area contributed by atoms with Crippen LogP contribution in [-0.4, -0.2) is 35.1 Å². The number of methoxy groups -OCH3 is 1. The molecule has 3 aromatic rings. The number of fused-ring (bicyclic) bond motifs is 1. The Balaban J connectivity index is 1.30. The van der Waals surface area contributed by atoms with Crippen LogP contribution in [0.5, 0.6) is 11.8 Å². The van der Waals surface area contributed by atoms with Crippen LogP contribution in [0.2, 0.25) is 0 Å². The van der Waals surface area contributed by atoms with Crippen molar-refractivity contribution in [1.82, 2.24) is 15.3 Å². The molecule has 1 fully saturated rings. The highest BCUT2D eigenvalue weighted by molar-refractivity contribution is 5.90. The summed E-state index contributed by atoms with van der Waals surface area (Å²) in [5, 5.41) is 5.49. The first-order valence-electron chi connectivity index (χ1n) is 10.0. The Morgan fingerprint density at radius 1 is 1.00 bits per heavy atom. The molecule has 0 radical (unpaired) electrons. The fourth-order valence-electron chi connectivity index (χ4n) is 3.91. The number of rotatable bonds is 6. The van der Waals surface area contributed by atoms with Crippen LogP contribution in [0.25, 0.3) is 10.8 Å². The zero-order valence-electron chi connectivity index (χ0n) is 16.5. The third kappa shape index (κ3) is 4.65. The highest BCUT2D eigenvalue weighted by Crippen LogP contribution is 2.27. The van der Waals surface area contributed by atoms with Crippen molar-refractivity contribution in [3.8, 4) is 11.8 Å². The third-order valence-corrected chi connectivity index (χ3v) is 5.38. The summed E-state index contributed by atoms with van der Waals surface area (Å²) < 4.78 is 11.2. The molecule has 1 aliphatic rings. The van der Waals surface area contributed by atoms with Crippen molar-refractivity contribution in [1.29, 1.82) is 0 Å². The fraction of sp³-hybridized carbons (Fsp3) is 0.348. The van der Waals surface area contributed by atoms with Gasteiger partial charge in [0.1, 0.15) is 6.10 Å². The molecule has 1 saturated carbocycles. The average Bonchev–Trinajstić information content (AvgIpc) is 2.76. The molecule has 1 aromatic heterocycles. The van der Waals surface area contributed by atoms with Gasteiger partial charge in [0.15, 0.2) is 0 Å². The Kier molecular flexibility index (Phi) is 5.89. The number of nitrogens with zero attached hydrogens (tertiary/aromatic N) is 2. The molecular formula is C23H25N3O3. The number of carbonyl (C=O) groups is 1. The molecule has 0 atom stereocenters. The second kappa shape index (κ2) is 8.90. The molecule has 6 nitrogen and oxygen atoms in total. The van der Waals surface area contributed by atoms with Gasteiger partial charge in [0.05, 0.1) is 13.5 Å². The summed E-state index contributed by atoms with van der Waals surface area (Å²) in [5.74, 6) is 0.901. The molecule has 0 bridgehead atoms. The number of nitrogens with one attached hydrogen (secondary N) is 1. The van der Waals surface area contributed by atoms with E-state index in [1.807, 2.05) is 24.3 Å². The lowest BCUT2D eigenvalue weighted by atomic mass is 9.92. The van der Waals surface area contributed by atoms with Crippen molar-refractivity contribution in [3.05, 3.63) is 60.4 Å². The normalized spacial score (nSPS) is 18.9. The summed E-state index contributed by atoms with van der Waals surface area (Å²) in [5.41, 5.74) is 1.06. The van der Waals surface area contributed by atoms with E-state index in [0.29, 0.717) is 18.2 Å². The summed E-state index contributed by atoms with van der Waals surface area (Å²) in [6.07, 6.45) is 7.12. The van der Waals surface area contributed by atoms with Gasteiger partial charge in [-0.05, 0) is 42.0 Å². The molecule has 0 saturated heterocycles. The fourth-order valence-corrected chi connectivity index (χ4v) is 3.91. The smallest absolute Gasteiger partial charge is 0.278 e. The van der Waals surface area contributed by atoms with E-state index >= 15 is 0 Å². The number of ether oxygens (including phenoxy) is 2. The van der Waals surface area contributed by atoms with Crippen LogP contribution in [0.4, 0.5) is 0 Å². The number of hydrogen-bond donors (Lipinski definition) is 1. The molecule has 0 unspecified atom stereocenters. The van der Waals surface area contributed by atoms with Crippen molar-refractivity contribution >= 4 is 16.7 Å². The van der Waals surface area contributed by atoms with Gasteiger partial charge in [0, 0.05) is 18.4 Å². The summed E-state index contributed by atoms with van der Waals surface area (Å²) in [7, 11) is 1.55. The van der Waals surface area contributed by atoms with Crippen LogP contribution in [0.15, 0.2) is 54.9 Å². The Labute approximate surface area is 170 Å². The minimum atomic E-state index is 0.0619. The van der Waals surface area contributed by atoms with E-state index in [9.17, 15) is 4.79 Å². The predicted molar refractivity (Wildman–Crippen MR) is 111 cm³/mol. The number of aromatic nitrogens is 2. The molecule has 1 heterocycles. The molecule has 150 valence electrons. The lowest BCUT2D eigenvalue weighted by Gasteiger charge is -2.29. The third-order valence-electron chi connectivity index (χ3n) is 5.38. The topological polar surface area (TPSA) is 73.3 Å². The summed E-state index contributed by atoms with van der Waals surface area (Å²) in [4.78, 5) is 20.9. The number of carbonyl (C=O) groups excluding carboxylic acids is 1. The van der Waals surface area contributed by atoms with Gasteiger partial charge in [0.25, 0.3) is 11.8 Å². The van der Waals surface area contributed by atoms with E-state index in [-0.39, 0.29) is 18.1 Å². The number of hydrogen-bond acceptors (Lipinski definition) is 5. The maximum atomic E-state index is 12.6. The minimum absolute atomic E-state index is 0.0619. The second-order valence-corrected chi connectivity index (χ2v) is 7.34. The molecule has 2 aromatic carbocycles. The first-order valence-corrected chi connectivity index (χ1v) is 10.0. The maximum Gasteiger partial charge on any atom is 0.278 e. The minimum Gasteiger partial charge on any atom is -0.477 e. The Morgan fingerprint density at radius 3 is 2.52 bits per heavy atom. The van der Waals surface area contributed by atoms with Gasteiger partial charge < -0.3 is 14.8 Å². The molecule has 1 N–H and O–H groups in total. The monoisotopic (exact) mass is 391 g/mol. The van der Waals surface area contributed by atoms with E-state index in [2.05, 4.69) is 33.5 Å². The lowest BCUT2D eigenvalue weighted by Crippen LogP contribution is -2.40. The van der Waals surface area contributed by atoms with Crippen molar-refractivity contribution in [2.45, 2.75) is 44.2 Å². The first kappa shape index (κ1) is 19.2. The van der Waals surface area contributed by atoms with Crippen LogP contribution < -0.4 is 14.8 Å². The number of amides is 1. The van der Waals surface area contributed by atoms with Gasteiger partial charge in [0.2, 0.25) is 5.91 Å². The van der Waals surface area contributed by atoms with E-state index < -0.39 is 0 Å². The van der Waals surface area contributed by atoms with Gasteiger partial charge >= 0.3 is 0 Å². The van der Waals surface area contributed by atoms with Crippen LogP contribution in [-0.2, 0) is 11.2 Å². The maximum absolute atomic E-state index is 12.6. The van der Waals surface area contributed by atoms with E-state index in [0.717, 1.165) is 42.0 Å². The largest absolute Gasteiger partial charge is 0.477 e. The average molecular weight is 391 g/mol. The van der Waals surface area contributed by atoms with Crippen molar-refractivity contribution < 1.29 is 14.3 Å². The molecule has 4 rings (SSSR count). The van der Waals surface area contributed by atoms with E-state index in [4.69, 9.17) is 9.47 Å². The van der Waals surface area contributed by atoms with Gasteiger partial charge in [-0.3, -0.25) is 4.79 Å². The highest BCUT2D eigenvalue weighted by Gasteiger charge is 2.25. The zero-order chi connectivity index (χ0) is 20.1. The molecule has 0 spiro atoms. The second-order valence-electron chi connectivity index (χ2n) is 7.34. The van der Waals surface area contributed by atoms with Gasteiger partial charge in [-0.1, -0.05) is 42.5 Å². The Morgan fingerprint density at radius 2 is 1.72 bits per heavy atom. The van der Waals surface area contributed by atoms with Crippen molar-refractivity contribution in [2.24, 2.45) is 0 Å². The van der Waals surface area contributed by atoms with Crippen molar-refractivity contribution in [3.63, 3.8) is 0 Å². The van der Waals surface area contributed by atoms with E-state index in [1.165, 1.54) is 0 Å². The summed E-state index contributed by atoms with van der Waals surface area (Å²) in [6.45, 7) is 0. The van der Waals surface area contributed by atoms with Crippen LogP contribution in [0.1, 0.15) is 31.2 Å². The molecule has 1 aliphatic carbocycles. The molecule has 6 heteroatoms. The summed E-state index contributed by atoms with van der Waals surface area (Å²) >= 11 is 0. The van der Waals surface area contributed by atoms with Gasteiger partial charge in [-0.25, -0.2) is 9.97 Å². The predicted octanol–water partition coefficient (Wildman–Crippen LogP) is 3.69. The molecule has 1 amide bonds. The Bertz CT molecular complexity index is 979. The van der Waals surface area contributed by atoms with Gasteiger partial charge in [-0.15, -0.1) is 0 Å². The molecular weight excluding hydrogens is 366 g/mol. The van der Waals surface area contributed by atoms with Crippen molar-refractivity contribution in [2.75, 3.05) is 7.11 Å². The first-order chi connectivity index (χ1) is 14.2. The molecule has 0 aliphatic heterocycles. The quantitative estimate of drug-likeness (QED) is 0.694. The highest BCUT2D eigenvalue weighted by atomic mass is 16.5. The summed E-state index contributed by atoms with van der Waals surface area (Å²) in [6, 6.07) is 14.5. The van der Waals surface area contributed by atoms with E-state index in [1.54, 1.807) is 19.5 Å². The SMILES string of the molecule is COc1nccnc1OC1CCC(NC(=O)Cc2cccc3ccccc23)CC1. The van der Waals surface area contributed by atoms with Gasteiger partial charge in [-0.2, -0.15) is 0 Å². The van der Waals surface area contributed by atoms with Crippen LogP contribution >= 0.6 is 0 Å². The zero-order valence-corrected chi connectivity index (χ0v) is 16.5. The lowest BCUT2D eigenvalue weighted by molar-refractivity contribution is -0.121. The Hall–Kier alpha value is -3.15. The van der Waals surface area contributed by atoms with Crippen LogP contribution in [0, 0.1) is 0 Å². The van der Waals surface area contributed by atoms with Crippen LogP contribution in [0.3, 0.4) is 0 Å². The molecule has 29 heavy (non-hydrogen) atoms.